The lowest BCUT2D eigenvalue weighted by Crippen LogP contribution is -2.40. The van der Waals surface area contributed by atoms with Gasteiger partial charge in [-0.05, 0) is 60.9 Å². The van der Waals surface area contributed by atoms with Crippen molar-refractivity contribution in [3.8, 4) is 11.5 Å². The molecule has 1 aromatic heterocycles. The van der Waals surface area contributed by atoms with E-state index in [0.717, 1.165) is 22.8 Å². The number of allylic oxidation sites excluding steroid dienone is 1. The standard InChI is InChI=1S/C34H34N2O7S/c1-5-10-25-30(33(39)42-7-3)31(29-24-12-9-8-11-22(24)15-18-26(29)40-4)36-32(38)27(44-34(36)35-25)19-21-13-16-23(17-14-21)43-20-28(37)41-6-2/h8-9,11-19,31H,5-7,10,20H2,1-4H3. The Morgan fingerprint density at radius 1 is 0.977 bits per heavy atom. The number of hydrogen-bond donors (Lipinski definition) is 0. The Bertz CT molecular complexity index is 1900. The van der Waals surface area contributed by atoms with Crippen molar-refractivity contribution < 1.29 is 28.5 Å². The minimum Gasteiger partial charge on any atom is -0.496 e. The second-order valence-electron chi connectivity index (χ2n) is 9.98. The van der Waals surface area contributed by atoms with Crippen molar-refractivity contribution in [2.75, 3.05) is 26.9 Å². The first kappa shape index (κ1) is 30.7. The summed E-state index contributed by atoms with van der Waals surface area (Å²) in [4.78, 5) is 44.8. The number of fused-ring (bicyclic) bond motifs is 2. The lowest BCUT2D eigenvalue weighted by molar-refractivity contribution is -0.145. The highest BCUT2D eigenvalue weighted by Gasteiger charge is 2.37. The van der Waals surface area contributed by atoms with Crippen LogP contribution in [0.15, 0.2) is 81.7 Å². The number of ether oxygens (including phenoxy) is 4. The van der Waals surface area contributed by atoms with Gasteiger partial charge in [-0.1, -0.05) is 67.1 Å². The van der Waals surface area contributed by atoms with Crippen LogP contribution in [-0.2, 0) is 19.1 Å². The summed E-state index contributed by atoms with van der Waals surface area (Å²) in [6, 6.07) is 17.9. The van der Waals surface area contributed by atoms with E-state index in [4.69, 9.17) is 23.9 Å². The third-order valence-corrected chi connectivity index (χ3v) is 8.14. The van der Waals surface area contributed by atoms with Crippen LogP contribution in [0.25, 0.3) is 16.8 Å². The predicted octanol–water partition coefficient (Wildman–Crippen LogP) is 4.68. The normalized spacial score (nSPS) is 14.6. The van der Waals surface area contributed by atoms with Gasteiger partial charge in [0.1, 0.15) is 17.5 Å². The second kappa shape index (κ2) is 13.7. The van der Waals surface area contributed by atoms with Crippen LogP contribution < -0.4 is 24.4 Å². The van der Waals surface area contributed by atoms with Gasteiger partial charge in [0.25, 0.3) is 5.56 Å². The van der Waals surface area contributed by atoms with Gasteiger partial charge in [-0.15, -0.1) is 0 Å². The van der Waals surface area contributed by atoms with Crippen LogP contribution in [0.1, 0.15) is 50.8 Å². The minimum absolute atomic E-state index is 0.186. The molecule has 0 amide bonds. The molecule has 0 saturated heterocycles. The number of benzene rings is 3. The number of carbonyl (C=O) groups excluding carboxylic acids is 2. The molecule has 0 N–H and O–H groups in total. The van der Waals surface area contributed by atoms with Crippen molar-refractivity contribution in [1.82, 2.24) is 4.57 Å². The molecule has 0 bridgehead atoms. The van der Waals surface area contributed by atoms with Gasteiger partial charge in [0.2, 0.25) is 0 Å². The maximum Gasteiger partial charge on any atom is 0.344 e. The Morgan fingerprint density at radius 2 is 1.73 bits per heavy atom. The van der Waals surface area contributed by atoms with E-state index in [1.807, 2.05) is 43.3 Å². The van der Waals surface area contributed by atoms with E-state index in [9.17, 15) is 14.4 Å². The highest BCUT2D eigenvalue weighted by Crippen LogP contribution is 2.41. The van der Waals surface area contributed by atoms with E-state index in [1.165, 1.54) is 11.3 Å². The number of thiazole rings is 1. The molecule has 1 aliphatic heterocycles. The number of carbonyl (C=O) groups is 2. The van der Waals surface area contributed by atoms with E-state index < -0.39 is 18.0 Å². The zero-order valence-corrected chi connectivity index (χ0v) is 25.9. The number of esters is 2. The van der Waals surface area contributed by atoms with E-state index in [1.54, 1.807) is 55.9 Å². The first-order valence-electron chi connectivity index (χ1n) is 14.6. The summed E-state index contributed by atoms with van der Waals surface area (Å²) in [6.45, 7) is 5.80. The Hall–Kier alpha value is -4.70. The molecule has 228 valence electrons. The van der Waals surface area contributed by atoms with Gasteiger partial charge in [-0.25, -0.2) is 14.6 Å². The third kappa shape index (κ3) is 6.16. The summed E-state index contributed by atoms with van der Waals surface area (Å²) >= 11 is 1.26. The van der Waals surface area contributed by atoms with Gasteiger partial charge in [-0.3, -0.25) is 9.36 Å². The van der Waals surface area contributed by atoms with Crippen LogP contribution in [0.5, 0.6) is 11.5 Å². The van der Waals surface area contributed by atoms with Crippen molar-refractivity contribution in [2.24, 2.45) is 4.99 Å². The Kier molecular flexibility index (Phi) is 9.59. The molecule has 1 unspecified atom stereocenters. The largest absolute Gasteiger partial charge is 0.496 e. The summed E-state index contributed by atoms with van der Waals surface area (Å²) in [5.74, 6) is 0.108. The summed E-state index contributed by atoms with van der Waals surface area (Å²) in [5, 5.41) is 1.82. The lowest BCUT2D eigenvalue weighted by Gasteiger charge is -2.28. The monoisotopic (exact) mass is 614 g/mol. The average Bonchev–Trinajstić information content (AvgIpc) is 3.33. The van der Waals surface area contributed by atoms with Crippen LogP contribution in [0, 0.1) is 0 Å². The number of aromatic nitrogens is 1. The molecule has 0 radical (unpaired) electrons. The van der Waals surface area contributed by atoms with Gasteiger partial charge in [0.05, 0.1) is 36.1 Å². The number of hydrogen-bond acceptors (Lipinski definition) is 9. The van der Waals surface area contributed by atoms with Crippen LogP contribution in [0.4, 0.5) is 0 Å². The lowest BCUT2D eigenvalue weighted by atomic mass is 9.90. The first-order chi connectivity index (χ1) is 21.4. The summed E-state index contributed by atoms with van der Waals surface area (Å²) in [6.07, 6.45) is 3.07. The molecule has 0 fully saturated rings. The molecule has 2 heterocycles. The van der Waals surface area contributed by atoms with E-state index in [-0.39, 0.29) is 25.4 Å². The molecule has 10 heteroatoms. The molecule has 1 atom stereocenters. The fourth-order valence-electron chi connectivity index (χ4n) is 5.29. The predicted molar refractivity (Wildman–Crippen MR) is 169 cm³/mol. The zero-order chi connectivity index (χ0) is 31.2. The van der Waals surface area contributed by atoms with Gasteiger partial charge >= 0.3 is 11.9 Å². The van der Waals surface area contributed by atoms with Crippen LogP contribution >= 0.6 is 11.3 Å². The summed E-state index contributed by atoms with van der Waals surface area (Å²) in [7, 11) is 1.58. The number of nitrogens with zero attached hydrogens (tertiary/aromatic N) is 2. The maximum absolute atomic E-state index is 14.2. The van der Waals surface area contributed by atoms with Gasteiger partial charge in [0, 0.05) is 5.56 Å². The van der Waals surface area contributed by atoms with Crippen LogP contribution in [0.3, 0.4) is 0 Å². The molecular weight excluding hydrogens is 580 g/mol. The fourth-order valence-corrected chi connectivity index (χ4v) is 6.31. The summed E-state index contributed by atoms with van der Waals surface area (Å²) in [5.41, 5.74) is 2.12. The molecule has 1 aliphatic rings. The topological polar surface area (TPSA) is 105 Å². The smallest absolute Gasteiger partial charge is 0.344 e. The van der Waals surface area contributed by atoms with Crippen molar-refractivity contribution in [3.05, 3.63) is 103 Å². The number of rotatable bonds is 11. The molecule has 0 saturated carbocycles. The van der Waals surface area contributed by atoms with Gasteiger partial charge in [-0.2, -0.15) is 0 Å². The number of methoxy groups -OCH3 is 1. The second-order valence-corrected chi connectivity index (χ2v) is 11.0. The quantitative estimate of drug-likeness (QED) is 0.226. The van der Waals surface area contributed by atoms with E-state index in [0.29, 0.717) is 44.1 Å². The average molecular weight is 615 g/mol. The Morgan fingerprint density at radius 3 is 2.43 bits per heavy atom. The molecule has 3 aromatic carbocycles. The molecule has 0 spiro atoms. The van der Waals surface area contributed by atoms with Crippen molar-refractivity contribution >= 4 is 40.1 Å². The zero-order valence-electron chi connectivity index (χ0n) is 25.1. The van der Waals surface area contributed by atoms with Crippen molar-refractivity contribution in [2.45, 2.75) is 39.7 Å². The highest BCUT2D eigenvalue weighted by atomic mass is 32.1. The van der Waals surface area contributed by atoms with E-state index in [2.05, 4.69) is 0 Å². The maximum atomic E-state index is 14.2. The highest BCUT2D eigenvalue weighted by molar-refractivity contribution is 7.07. The fraction of sp³-hybridized carbons (Fsp3) is 0.294. The SMILES string of the molecule is CCCC1=C(C(=O)OCC)C(c2c(OC)ccc3ccccc23)n2c(sc(=Cc3ccc(OCC(=O)OCC)cc3)c2=O)=N1. The van der Waals surface area contributed by atoms with Crippen molar-refractivity contribution in [3.63, 3.8) is 0 Å². The molecule has 5 rings (SSSR count). The molecule has 0 aliphatic carbocycles. The van der Waals surface area contributed by atoms with E-state index >= 15 is 0 Å². The first-order valence-corrected chi connectivity index (χ1v) is 15.4. The minimum atomic E-state index is -0.811. The molecular formula is C34H34N2O7S. The molecule has 44 heavy (non-hydrogen) atoms. The molecule has 4 aromatic rings. The Labute approximate surface area is 258 Å². The van der Waals surface area contributed by atoms with Crippen molar-refractivity contribution in [1.29, 1.82) is 0 Å². The summed E-state index contributed by atoms with van der Waals surface area (Å²) < 4.78 is 23.8. The Balaban J connectivity index is 1.68. The molecule has 9 nitrogen and oxygen atoms in total. The third-order valence-electron chi connectivity index (χ3n) is 7.16. The van der Waals surface area contributed by atoms with Crippen LogP contribution in [0.2, 0.25) is 0 Å². The van der Waals surface area contributed by atoms with Crippen LogP contribution in [-0.4, -0.2) is 43.4 Å². The van der Waals surface area contributed by atoms with Gasteiger partial charge < -0.3 is 18.9 Å². The van der Waals surface area contributed by atoms with Gasteiger partial charge in [0.15, 0.2) is 11.4 Å².